The van der Waals surface area contributed by atoms with Gasteiger partial charge in [0, 0.05) is 38.8 Å². The predicted molar refractivity (Wildman–Crippen MR) is 110 cm³/mol. The molecule has 0 unspecified atom stereocenters. The second kappa shape index (κ2) is 9.43. The number of carbonyl (C=O) groups excluding carboxylic acids is 3. The Bertz CT molecular complexity index is 885. The molecule has 1 aromatic carbocycles. The molecule has 11 heteroatoms. The van der Waals surface area contributed by atoms with Crippen molar-refractivity contribution in [3.05, 3.63) is 24.3 Å². The predicted octanol–water partition coefficient (Wildman–Crippen LogP) is 1.00. The van der Waals surface area contributed by atoms with Gasteiger partial charge in [-0.05, 0) is 45.0 Å². The summed E-state index contributed by atoms with van der Waals surface area (Å²) < 4.78 is 32.0. The van der Waals surface area contributed by atoms with E-state index in [0.717, 1.165) is 0 Å². The van der Waals surface area contributed by atoms with Crippen LogP contribution in [0.2, 0.25) is 0 Å². The quantitative estimate of drug-likeness (QED) is 0.704. The molecule has 3 amide bonds. The van der Waals surface area contributed by atoms with Crippen molar-refractivity contribution in [2.24, 2.45) is 0 Å². The first kappa shape index (κ1) is 23.6. The second-order valence-corrected chi connectivity index (χ2v) is 9.78. The number of hydrogen-bond donors (Lipinski definition) is 2. The van der Waals surface area contributed by atoms with Gasteiger partial charge in [0.2, 0.25) is 21.8 Å². The summed E-state index contributed by atoms with van der Waals surface area (Å²) in [5.41, 5.74) is -0.151. The van der Waals surface area contributed by atoms with Gasteiger partial charge in [-0.3, -0.25) is 9.59 Å². The lowest BCUT2D eigenvalue weighted by molar-refractivity contribution is -0.131. The number of benzene rings is 1. The Morgan fingerprint density at radius 2 is 1.60 bits per heavy atom. The number of amides is 3. The molecule has 1 saturated heterocycles. The van der Waals surface area contributed by atoms with Crippen LogP contribution in [-0.4, -0.2) is 73.9 Å². The Morgan fingerprint density at radius 1 is 1.03 bits per heavy atom. The summed E-state index contributed by atoms with van der Waals surface area (Å²) in [5.74, 6) is -0.551. The Balaban J connectivity index is 1.89. The molecule has 1 aromatic rings. The number of nitrogens with one attached hydrogen (secondary N) is 2. The van der Waals surface area contributed by atoms with E-state index in [0.29, 0.717) is 5.69 Å². The van der Waals surface area contributed by atoms with Gasteiger partial charge in [0.25, 0.3) is 0 Å². The van der Waals surface area contributed by atoms with Crippen molar-refractivity contribution in [3.8, 4) is 0 Å². The normalized spacial score (nSPS) is 15.4. The van der Waals surface area contributed by atoms with Crippen LogP contribution in [0.15, 0.2) is 29.2 Å². The van der Waals surface area contributed by atoms with Crippen molar-refractivity contribution in [2.45, 2.75) is 38.2 Å². The van der Waals surface area contributed by atoms with E-state index in [1.807, 2.05) is 0 Å². The van der Waals surface area contributed by atoms with Crippen LogP contribution in [0.5, 0.6) is 0 Å². The molecule has 1 fully saturated rings. The molecule has 1 heterocycles. The molecular weight excluding hydrogens is 412 g/mol. The average Bonchev–Trinajstić information content (AvgIpc) is 2.65. The van der Waals surface area contributed by atoms with Crippen LogP contribution in [0.3, 0.4) is 0 Å². The highest BCUT2D eigenvalue weighted by atomic mass is 32.2. The van der Waals surface area contributed by atoms with Crippen LogP contribution in [0.25, 0.3) is 0 Å². The Hall–Kier alpha value is -2.66. The third-order valence-corrected chi connectivity index (χ3v) is 6.10. The zero-order valence-corrected chi connectivity index (χ0v) is 18.4. The summed E-state index contributed by atoms with van der Waals surface area (Å²) in [5, 5.41) is 4.99. The Kier molecular flexibility index (Phi) is 7.43. The van der Waals surface area contributed by atoms with Crippen LogP contribution in [-0.2, 0) is 24.3 Å². The minimum atomic E-state index is -3.71. The number of rotatable bonds is 5. The fraction of sp³-hybridized carbons (Fsp3) is 0.526. The zero-order chi connectivity index (χ0) is 22.5. The van der Waals surface area contributed by atoms with Crippen molar-refractivity contribution in [3.63, 3.8) is 0 Å². The lowest BCUT2D eigenvalue weighted by Gasteiger charge is -2.34. The minimum Gasteiger partial charge on any atom is -0.444 e. The molecule has 0 aromatic heterocycles. The van der Waals surface area contributed by atoms with E-state index in [9.17, 15) is 22.8 Å². The molecule has 0 bridgehead atoms. The van der Waals surface area contributed by atoms with Crippen molar-refractivity contribution < 1.29 is 27.5 Å². The van der Waals surface area contributed by atoms with Gasteiger partial charge < -0.3 is 20.3 Å². The minimum absolute atomic E-state index is 0.114. The molecule has 2 rings (SSSR count). The number of alkyl carbamates (subject to hydrolysis) is 1. The first-order valence-corrected chi connectivity index (χ1v) is 10.9. The first-order chi connectivity index (χ1) is 13.9. The molecule has 0 atom stereocenters. The number of anilines is 1. The van der Waals surface area contributed by atoms with Crippen molar-refractivity contribution in [1.82, 2.24) is 14.5 Å². The second-order valence-electron chi connectivity index (χ2n) is 7.85. The maximum Gasteiger partial charge on any atom is 0.408 e. The van der Waals surface area contributed by atoms with E-state index in [2.05, 4.69) is 10.6 Å². The van der Waals surface area contributed by atoms with E-state index < -0.39 is 21.7 Å². The lowest BCUT2D eigenvalue weighted by atomic mass is 10.2. The van der Waals surface area contributed by atoms with Crippen LogP contribution in [0, 0.1) is 0 Å². The molecule has 0 aliphatic carbocycles. The van der Waals surface area contributed by atoms with E-state index in [4.69, 9.17) is 4.74 Å². The summed E-state index contributed by atoms with van der Waals surface area (Å²) in [6, 6.07) is 5.92. The number of hydrogen-bond acceptors (Lipinski definition) is 6. The van der Waals surface area contributed by atoms with Crippen molar-refractivity contribution in [2.75, 3.05) is 38.0 Å². The molecule has 166 valence electrons. The highest BCUT2D eigenvalue weighted by Crippen LogP contribution is 2.20. The summed E-state index contributed by atoms with van der Waals surface area (Å²) in [7, 11) is -3.71. The maximum absolute atomic E-state index is 12.8. The molecule has 2 N–H and O–H groups in total. The van der Waals surface area contributed by atoms with Gasteiger partial charge >= 0.3 is 6.09 Å². The zero-order valence-electron chi connectivity index (χ0n) is 17.6. The number of piperazine rings is 1. The molecular formula is C19H28N4O6S. The summed E-state index contributed by atoms with van der Waals surface area (Å²) in [6.45, 7) is 7.06. The van der Waals surface area contributed by atoms with Crippen LogP contribution >= 0.6 is 0 Å². The summed E-state index contributed by atoms with van der Waals surface area (Å²) in [6.07, 6.45) is -0.681. The molecule has 0 spiro atoms. The van der Waals surface area contributed by atoms with E-state index in [-0.39, 0.29) is 49.4 Å². The maximum atomic E-state index is 12.8. The topological polar surface area (TPSA) is 125 Å². The molecule has 1 aliphatic heterocycles. The molecule has 30 heavy (non-hydrogen) atoms. The molecule has 1 aliphatic rings. The monoisotopic (exact) mass is 440 g/mol. The number of carbonyl (C=O) groups is 3. The first-order valence-electron chi connectivity index (χ1n) is 9.51. The molecule has 0 saturated carbocycles. The smallest absolute Gasteiger partial charge is 0.408 e. The van der Waals surface area contributed by atoms with Gasteiger partial charge in [-0.1, -0.05) is 0 Å². The van der Waals surface area contributed by atoms with Crippen molar-refractivity contribution in [1.29, 1.82) is 0 Å². The highest BCUT2D eigenvalue weighted by Gasteiger charge is 2.30. The largest absolute Gasteiger partial charge is 0.444 e. The third kappa shape index (κ3) is 6.70. The number of sulfonamides is 1. The molecule has 10 nitrogen and oxygen atoms in total. The van der Waals surface area contributed by atoms with Crippen LogP contribution in [0.4, 0.5) is 10.5 Å². The summed E-state index contributed by atoms with van der Waals surface area (Å²) in [4.78, 5) is 36.6. The van der Waals surface area contributed by atoms with Gasteiger partial charge in [-0.15, -0.1) is 0 Å². The van der Waals surface area contributed by atoms with E-state index in [1.54, 1.807) is 20.8 Å². The SMILES string of the molecule is CC(=O)Nc1ccc(S(=O)(=O)N2CCN(C(=O)CNC(=O)OC(C)(C)C)CC2)cc1. The van der Waals surface area contributed by atoms with Gasteiger partial charge in [-0.2, -0.15) is 4.31 Å². The van der Waals surface area contributed by atoms with E-state index >= 15 is 0 Å². The third-order valence-electron chi connectivity index (χ3n) is 4.19. The average molecular weight is 441 g/mol. The van der Waals surface area contributed by atoms with E-state index in [1.165, 1.54) is 40.4 Å². The van der Waals surface area contributed by atoms with Crippen molar-refractivity contribution >= 4 is 33.6 Å². The lowest BCUT2D eigenvalue weighted by Crippen LogP contribution is -2.52. The van der Waals surface area contributed by atoms with Gasteiger partial charge in [0.1, 0.15) is 12.1 Å². The van der Waals surface area contributed by atoms with Gasteiger partial charge in [0.05, 0.1) is 4.90 Å². The summed E-state index contributed by atoms with van der Waals surface area (Å²) >= 11 is 0. The fourth-order valence-electron chi connectivity index (χ4n) is 2.81. The standard InChI is InChI=1S/C19H28N4O6S/c1-14(24)21-15-5-7-16(8-6-15)30(27,28)23-11-9-22(10-12-23)17(25)13-20-18(26)29-19(2,3)4/h5-8H,9-13H2,1-4H3,(H,20,26)(H,21,24). The molecule has 0 radical (unpaired) electrons. The number of nitrogens with zero attached hydrogens (tertiary/aromatic N) is 2. The van der Waals surface area contributed by atoms with Gasteiger partial charge in [-0.25, -0.2) is 13.2 Å². The highest BCUT2D eigenvalue weighted by molar-refractivity contribution is 7.89. The number of ether oxygens (including phenoxy) is 1. The Morgan fingerprint density at radius 3 is 2.10 bits per heavy atom. The Labute approximate surface area is 176 Å². The fourth-order valence-corrected chi connectivity index (χ4v) is 4.24. The van der Waals surface area contributed by atoms with Gasteiger partial charge in [0.15, 0.2) is 0 Å². The van der Waals surface area contributed by atoms with Crippen LogP contribution < -0.4 is 10.6 Å². The van der Waals surface area contributed by atoms with Crippen LogP contribution in [0.1, 0.15) is 27.7 Å².